The number of carbonyl (C=O) groups is 1. The highest BCUT2D eigenvalue weighted by Gasteiger charge is 2.37. The van der Waals surface area contributed by atoms with Crippen molar-refractivity contribution < 1.29 is 17.9 Å². The smallest absolute Gasteiger partial charge is 0.326 e. The Labute approximate surface area is 110 Å². The number of methoxy groups -OCH3 is 1. The third kappa shape index (κ3) is 5.82. The van der Waals surface area contributed by atoms with Crippen molar-refractivity contribution in [3.63, 3.8) is 0 Å². The van der Waals surface area contributed by atoms with E-state index < -0.39 is 21.5 Å². The molecule has 1 atom stereocenters. The second kappa shape index (κ2) is 7.09. The van der Waals surface area contributed by atoms with Crippen LogP contribution in [-0.4, -0.2) is 32.8 Å². The molecular formula is C12H25NO4S. The molecule has 0 fully saturated rings. The highest BCUT2D eigenvalue weighted by Crippen LogP contribution is 2.16. The van der Waals surface area contributed by atoms with Crippen LogP contribution < -0.4 is 4.72 Å². The number of sulfonamides is 1. The molecule has 0 aromatic rings. The summed E-state index contributed by atoms with van der Waals surface area (Å²) >= 11 is 0. The number of nitrogens with one attached hydrogen (secondary N) is 1. The molecule has 0 rings (SSSR count). The molecule has 0 aromatic carbocycles. The summed E-state index contributed by atoms with van der Waals surface area (Å²) in [5.74, 6) is -0.212. The summed E-state index contributed by atoms with van der Waals surface area (Å²) in [6.45, 7) is 7.38. The molecule has 1 unspecified atom stereocenters. The first-order valence-corrected chi connectivity index (χ1v) is 7.92. The highest BCUT2D eigenvalue weighted by molar-refractivity contribution is 7.89. The number of rotatable bonds is 8. The van der Waals surface area contributed by atoms with Gasteiger partial charge in [-0.05, 0) is 25.7 Å². The first-order chi connectivity index (χ1) is 8.17. The Morgan fingerprint density at radius 1 is 1.39 bits per heavy atom. The van der Waals surface area contributed by atoms with Gasteiger partial charge in [0.25, 0.3) is 0 Å². The molecule has 108 valence electrons. The van der Waals surface area contributed by atoms with E-state index in [0.29, 0.717) is 25.2 Å². The predicted octanol–water partition coefficient (Wildman–Crippen LogP) is 1.68. The van der Waals surface area contributed by atoms with E-state index in [1.807, 2.05) is 20.8 Å². The van der Waals surface area contributed by atoms with Gasteiger partial charge in [-0.2, -0.15) is 4.72 Å². The van der Waals surface area contributed by atoms with Crippen molar-refractivity contribution >= 4 is 16.0 Å². The molecule has 18 heavy (non-hydrogen) atoms. The van der Waals surface area contributed by atoms with Crippen LogP contribution in [0.25, 0.3) is 0 Å². The Hall–Kier alpha value is -0.620. The van der Waals surface area contributed by atoms with Crippen molar-refractivity contribution in [1.29, 1.82) is 0 Å². The highest BCUT2D eigenvalue weighted by atomic mass is 32.2. The number of hydrogen-bond donors (Lipinski definition) is 1. The van der Waals surface area contributed by atoms with E-state index in [9.17, 15) is 13.2 Å². The first-order valence-electron chi connectivity index (χ1n) is 6.27. The molecule has 6 heteroatoms. The van der Waals surface area contributed by atoms with Crippen LogP contribution in [0.4, 0.5) is 0 Å². The summed E-state index contributed by atoms with van der Waals surface area (Å²) in [4.78, 5) is 11.7. The third-order valence-electron chi connectivity index (χ3n) is 2.73. The summed E-state index contributed by atoms with van der Waals surface area (Å²) < 4.78 is 31.0. The van der Waals surface area contributed by atoms with Crippen LogP contribution >= 0.6 is 0 Å². The van der Waals surface area contributed by atoms with Crippen LogP contribution in [-0.2, 0) is 19.6 Å². The van der Waals surface area contributed by atoms with Crippen molar-refractivity contribution in [3.05, 3.63) is 0 Å². The van der Waals surface area contributed by atoms with E-state index in [-0.39, 0.29) is 5.75 Å². The van der Waals surface area contributed by atoms with Gasteiger partial charge in [0.15, 0.2) is 0 Å². The van der Waals surface area contributed by atoms with Gasteiger partial charge in [0.1, 0.15) is 5.54 Å². The van der Waals surface area contributed by atoms with E-state index >= 15 is 0 Å². The van der Waals surface area contributed by atoms with E-state index in [2.05, 4.69) is 9.46 Å². The lowest BCUT2D eigenvalue weighted by atomic mass is 9.98. The zero-order chi connectivity index (χ0) is 14.4. The maximum Gasteiger partial charge on any atom is 0.326 e. The van der Waals surface area contributed by atoms with Crippen LogP contribution in [0.5, 0.6) is 0 Å². The SMILES string of the molecule is CCCC(C)(NS(=O)(=O)CCC(C)C)C(=O)OC. The Morgan fingerprint density at radius 3 is 2.33 bits per heavy atom. The van der Waals surface area contributed by atoms with Gasteiger partial charge in [0.05, 0.1) is 12.9 Å². The molecule has 0 radical (unpaired) electrons. The van der Waals surface area contributed by atoms with Crippen molar-refractivity contribution in [1.82, 2.24) is 4.72 Å². The van der Waals surface area contributed by atoms with Gasteiger partial charge >= 0.3 is 5.97 Å². The van der Waals surface area contributed by atoms with E-state index in [1.165, 1.54) is 7.11 Å². The second-order valence-electron chi connectivity index (χ2n) is 5.18. The summed E-state index contributed by atoms with van der Waals surface area (Å²) in [6.07, 6.45) is 1.68. The van der Waals surface area contributed by atoms with Crippen molar-refractivity contribution in [2.75, 3.05) is 12.9 Å². The molecule has 0 amide bonds. The van der Waals surface area contributed by atoms with Crippen molar-refractivity contribution in [3.8, 4) is 0 Å². The fraction of sp³-hybridized carbons (Fsp3) is 0.917. The van der Waals surface area contributed by atoms with Gasteiger partial charge in [-0.25, -0.2) is 8.42 Å². The average Bonchev–Trinajstić information content (AvgIpc) is 2.25. The lowest BCUT2D eigenvalue weighted by molar-refractivity contribution is -0.147. The molecule has 0 saturated carbocycles. The molecular weight excluding hydrogens is 254 g/mol. The Balaban J connectivity index is 4.82. The maximum atomic E-state index is 11.9. The Bertz CT molecular complexity index is 364. The first kappa shape index (κ1) is 17.4. The van der Waals surface area contributed by atoms with Crippen LogP contribution in [0.1, 0.15) is 47.0 Å². The minimum absolute atomic E-state index is 0.0287. The molecule has 5 nitrogen and oxygen atoms in total. The molecule has 0 bridgehead atoms. The van der Waals surface area contributed by atoms with Gasteiger partial charge in [-0.15, -0.1) is 0 Å². The molecule has 1 N–H and O–H groups in total. The van der Waals surface area contributed by atoms with Crippen molar-refractivity contribution in [2.45, 2.75) is 52.5 Å². The summed E-state index contributed by atoms with van der Waals surface area (Å²) in [5.41, 5.74) is -1.17. The summed E-state index contributed by atoms with van der Waals surface area (Å²) in [6, 6.07) is 0. The number of hydrogen-bond acceptors (Lipinski definition) is 4. The van der Waals surface area contributed by atoms with Gasteiger partial charge in [-0.3, -0.25) is 4.79 Å². The zero-order valence-corrected chi connectivity index (χ0v) is 12.8. The largest absolute Gasteiger partial charge is 0.468 e. The molecule has 0 saturated heterocycles. The third-order valence-corrected chi connectivity index (χ3v) is 4.27. The normalized spacial score (nSPS) is 15.4. The summed E-state index contributed by atoms with van der Waals surface area (Å²) in [5, 5.41) is 0. The van der Waals surface area contributed by atoms with Crippen molar-refractivity contribution in [2.24, 2.45) is 5.92 Å². The molecule has 0 aliphatic rings. The van der Waals surface area contributed by atoms with Gasteiger partial charge in [0.2, 0.25) is 10.0 Å². The number of esters is 1. The Kier molecular flexibility index (Phi) is 6.84. The fourth-order valence-electron chi connectivity index (χ4n) is 1.71. The van der Waals surface area contributed by atoms with E-state index in [1.54, 1.807) is 6.92 Å². The minimum atomic E-state index is -3.46. The van der Waals surface area contributed by atoms with Gasteiger partial charge in [0, 0.05) is 0 Å². The Morgan fingerprint density at radius 2 is 1.94 bits per heavy atom. The van der Waals surface area contributed by atoms with Crippen LogP contribution in [0.3, 0.4) is 0 Å². The van der Waals surface area contributed by atoms with Gasteiger partial charge < -0.3 is 4.74 Å². The lowest BCUT2D eigenvalue weighted by Crippen LogP contribution is -2.53. The maximum absolute atomic E-state index is 11.9. The zero-order valence-electron chi connectivity index (χ0n) is 11.9. The van der Waals surface area contributed by atoms with Crippen LogP contribution in [0.15, 0.2) is 0 Å². The van der Waals surface area contributed by atoms with E-state index in [4.69, 9.17) is 0 Å². The molecule has 0 aliphatic carbocycles. The van der Waals surface area contributed by atoms with Crippen LogP contribution in [0, 0.1) is 5.92 Å². The quantitative estimate of drug-likeness (QED) is 0.686. The second-order valence-corrected chi connectivity index (χ2v) is 7.02. The molecule has 0 aromatic heterocycles. The average molecular weight is 279 g/mol. The lowest BCUT2D eigenvalue weighted by Gasteiger charge is -2.27. The fourth-order valence-corrected chi connectivity index (χ4v) is 3.46. The molecule has 0 aliphatic heterocycles. The van der Waals surface area contributed by atoms with Crippen LogP contribution in [0.2, 0.25) is 0 Å². The summed E-state index contributed by atoms with van der Waals surface area (Å²) in [7, 11) is -2.20. The monoisotopic (exact) mass is 279 g/mol. The number of carbonyl (C=O) groups excluding carboxylic acids is 1. The van der Waals surface area contributed by atoms with E-state index in [0.717, 1.165) is 0 Å². The topological polar surface area (TPSA) is 72.5 Å². The standard InChI is InChI=1S/C12H25NO4S/c1-6-8-12(4,11(14)17-5)13-18(15,16)9-7-10(2)3/h10,13H,6-9H2,1-5H3. The van der Waals surface area contributed by atoms with Gasteiger partial charge in [-0.1, -0.05) is 27.2 Å². The number of ether oxygens (including phenoxy) is 1. The molecule has 0 spiro atoms. The predicted molar refractivity (Wildman–Crippen MR) is 71.7 cm³/mol. The minimum Gasteiger partial charge on any atom is -0.468 e. The molecule has 0 heterocycles.